The quantitative estimate of drug-likeness (QED) is 0.127. The van der Waals surface area contributed by atoms with Gasteiger partial charge in [-0.1, -0.05) is 285 Å². The number of hydrogen-bond acceptors (Lipinski definition) is 6. The Hall–Kier alpha value is -14.3. The van der Waals surface area contributed by atoms with Crippen LogP contribution in [-0.4, -0.2) is 13.4 Å². The summed E-state index contributed by atoms with van der Waals surface area (Å²) in [5, 5.41) is 4.25. The number of rotatable bonds is 10. The first kappa shape index (κ1) is 61.9. The van der Waals surface area contributed by atoms with Gasteiger partial charge in [0.05, 0.1) is 11.4 Å². The Bertz CT molecular complexity index is 6600. The van der Waals surface area contributed by atoms with Gasteiger partial charge in [0, 0.05) is 55.4 Å². The Morgan fingerprint density at radius 1 is 0.182 bits per heavy atom. The highest BCUT2D eigenvalue weighted by molar-refractivity contribution is 7.02. The molecule has 17 aromatic carbocycles. The van der Waals surface area contributed by atoms with E-state index in [1.54, 1.807) is 0 Å². The van der Waals surface area contributed by atoms with Gasteiger partial charge in [0.2, 0.25) is 0 Å². The molecule has 0 unspecified atom stereocenters. The third-order valence-corrected chi connectivity index (χ3v) is 23.2. The van der Waals surface area contributed by atoms with E-state index in [-0.39, 0.29) is 13.4 Å². The summed E-state index contributed by atoms with van der Waals surface area (Å²) in [4.78, 5) is 5.14. The second-order valence-electron chi connectivity index (χ2n) is 29.2. The van der Waals surface area contributed by atoms with Crippen molar-refractivity contribution in [3.05, 3.63) is 376 Å². The van der Waals surface area contributed by atoms with E-state index < -0.39 is 0 Å². The smallest absolute Gasteiger partial charge is 0.256 e. The molecule has 0 amide bonds. The molecular weight excluding hydrogens is 1340 g/mol. The van der Waals surface area contributed by atoms with Crippen molar-refractivity contribution in [1.29, 1.82) is 0 Å². The summed E-state index contributed by atoms with van der Waals surface area (Å²) in [5.41, 5.74) is 33.8. The predicted molar refractivity (Wildman–Crippen MR) is 456 cm³/mol. The van der Waals surface area contributed by atoms with Gasteiger partial charge >= 0.3 is 0 Å². The number of ether oxygens (including phenoxy) is 2. The molecule has 0 spiro atoms. The Labute approximate surface area is 636 Å². The van der Waals surface area contributed by atoms with E-state index >= 15 is 0 Å². The lowest BCUT2D eigenvalue weighted by molar-refractivity contribution is 0.487. The molecule has 2 aromatic heterocycles. The van der Waals surface area contributed by atoms with Crippen LogP contribution in [0.1, 0.15) is 0 Å². The molecule has 0 aliphatic carbocycles. The highest BCUT2D eigenvalue weighted by atomic mass is 16.5. The zero-order valence-electron chi connectivity index (χ0n) is 59.5. The average molecular weight is 1400 g/mol. The van der Waals surface area contributed by atoms with Crippen molar-refractivity contribution in [2.75, 3.05) is 9.80 Å². The Balaban J connectivity index is 0.830. The Kier molecular flexibility index (Phi) is 13.9. The lowest BCUT2D eigenvalue weighted by atomic mass is 9.30. The van der Waals surface area contributed by atoms with E-state index in [9.17, 15) is 0 Å². The van der Waals surface area contributed by atoms with Crippen molar-refractivity contribution in [3.8, 4) is 112 Å². The van der Waals surface area contributed by atoms with Gasteiger partial charge in [0.25, 0.3) is 13.4 Å². The van der Waals surface area contributed by atoms with Crippen LogP contribution < -0.4 is 52.1 Å². The van der Waals surface area contributed by atoms with Crippen molar-refractivity contribution in [1.82, 2.24) is 0 Å². The zero-order valence-corrected chi connectivity index (χ0v) is 59.5. The van der Waals surface area contributed by atoms with Crippen LogP contribution >= 0.6 is 0 Å². The fraction of sp³-hybridized carbons (Fsp3) is 0. The molecule has 8 heteroatoms. The molecule has 4 aliphatic rings. The molecule has 6 nitrogen and oxygen atoms in total. The summed E-state index contributed by atoms with van der Waals surface area (Å²) >= 11 is 0. The molecule has 0 radical (unpaired) electrons. The maximum absolute atomic E-state index is 7.75. The Morgan fingerprint density at radius 3 is 0.927 bits per heavy atom. The van der Waals surface area contributed by atoms with E-state index in [1.807, 2.05) is 12.1 Å². The molecule has 0 saturated heterocycles. The predicted octanol–water partition coefficient (Wildman–Crippen LogP) is 23.6. The zero-order chi connectivity index (χ0) is 72.1. The molecule has 510 valence electrons. The van der Waals surface area contributed by atoms with Crippen LogP contribution in [-0.2, 0) is 0 Å². The van der Waals surface area contributed by atoms with Gasteiger partial charge in [0.1, 0.15) is 45.3 Å². The summed E-state index contributed by atoms with van der Waals surface area (Å²) in [6.45, 7) is -0.648. The minimum atomic E-state index is -0.324. The van der Waals surface area contributed by atoms with Gasteiger partial charge in [-0.15, -0.1) is 0 Å². The monoisotopic (exact) mass is 1400 g/mol. The second kappa shape index (κ2) is 24.6. The summed E-state index contributed by atoms with van der Waals surface area (Å²) in [6.07, 6.45) is 0. The molecule has 4 aliphatic heterocycles. The molecular formula is C102H62B2N2O4. The van der Waals surface area contributed by atoms with Crippen molar-refractivity contribution < 1.29 is 18.3 Å². The number of nitrogens with zero attached hydrogens (tertiary/aromatic N) is 2. The van der Waals surface area contributed by atoms with E-state index in [1.165, 1.54) is 0 Å². The van der Waals surface area contributed by atoms with Crippen LogP contribution in [0.4, 0.5) is 34.1 Å². The van der Waals surface area contributed by atoms with Crippen LogP contribution in [0.15, 0.2) is 385 Å². The fourth-order valence-electron chi connectivity index (χ4n) is 18.2. The lowest BCUT2D eigenvalue weighted by Gasteiger charge is -2.45. The van der Waals surface area contributed by atoms with Gasteiger partial charge in [-0.3, -0.25) is 0 Å². The van der Waals surface area contributed by atoms with Crippen molar-refractivity contribution in [2.45, 2.75) is 0 Å². The van der Waals surface area contributed by atoms with Crippen molar-refractivity contribution in [3.63, 3.8) is 0 Å². The topological polar surface area (TPSA) is 51.2 Å². The van der Waals surface area contributed by atoms with E-state index in [4.69, 9.17) is 18.3 Å². The largest absolute Gasteiger partial charge is 0.458 e. The first-order valence-corrected chi connectivity index (χ1v) is 37.7. The fourth-order valence-corrected chi connectivity index (χ4v) is 18.2. The highest BCUT2D eigenvalue weighted by Crippen LogP contribution is 2.53. The van der Waals surface area contributed by atoms with Gasteiger partial charge < -0.3 is 28.1 Å². The standard InChI is InChI=1S/C102H62B2N2O4/c1-5-25-63(26-6-1)73-33-13-15-35-75(73)69-45-49-83-97(57-69)109-99-59-71(67-47-51-95-81(53-67)79-39-19-23-43-93(79)107-95)55-91-101(99)103(83)85-61-86-90(62-89(85)105(91)87-41-21-17-37-77(87)65-29-9-3-10-30-65)106(88-42-22-18-38-78(88)66-31-11-4-12-32-66)92-56-72(68-48-52-96-82(54-68)80-40-20-24-44-94(80)108-96)60-100-102(92)104(86)84-50-46-70(58-98(84)110-100)76-36-16-14-34-74(76)64-27-7-2-8-28-64/h1-62H. The number of benzene rings is 17. The Morgan fingerprint density at radius 2 is 0.509 bits per heavy atom. The molecule has 110 heavy (non-hydrogen) atoms. The first-order valence-electron chi connectivity index (χ1n) is 37.7. The van der Waals surface area contributed by atoms with Crippen LogP contribution in [0.3, 0.4) is 0 Å². The molecule has 0 N–H and O–H groups in total. The number of anilines is 6. The third kappa shape index (κ3) is 9.72. The van der Waals surface area contributed by atoms with Gasteiger partial charge in [-0.05, 0) is 202 Å². The maximum Gasteiger partial charge on any atom is 0.256 e. The molecule has 0 bridgehead atoms. The van der Waals surface area contributed by atoms with Crippen molar-refractivity contribution >= 4 is 124 Å². The SMILES string of the molecule is c1ccc(-c2ccccc2-c2ccc3c(c2)Oc2cc(-c4ccc5oc6ccccc6c5c4)cc4c2B3c2cc3c(cc2N4c2ccccc2-c2ccccc2)N(c2ccccc2-c2ccccc2)c2cc(-c4ccc5oc6ccccc6c5c4)cc4c2B3c2ccc(-c3ccccc3-c3ccccc3)cc2O4)cc1. The van der Waals surface area contributed by atoms with E-state index in [0.717, 1.165) is 223 Å². The minimum Gasteiger partial charge on any atom is -0.458 e. The molecule has 23 rings (SSSR count). The van der Waals surface area contributed by atoms with Crippen LogP contribution in [0.5, 0.6) is 23.0 Å². The van der Waals surface area contributed by atoms with Crippen LogP contribution in [0, 0.1) is 0 Å². The number of para-hydroxylation sites is 4. The average Bonchev–Trinajstić information content (AvgIpc) is 0.766. The number of hydrogen-bond donors (Lipinski definition) is 0. The number of furan rings is 2. The molecule has 19 aromatic rings. The summed E-state index contributed by atoms with van der Waals surface area (Å²) in [5.74, 6) is 3.21. The summed E-state index contributed by atoms with van der Waals surface area (Å²) in [7, 11) is 0. The lowest BCUT2D eigenvalue weighted by Crippen LogP contribution is -2.63. The van der Waals surface area contributed by atoms with Crippen LogP contribution in [0.2, 0.25) is 0 Å². The van der Waals surface area contributed by atoms with Gasteiger partial charge in [0.15, 0.2) is 0 Å². The maximum atomic E-state index is 7.75. The second-order valence-corrected chi connectivity index (χ2v) is 29.2. The summed E-state index contributed by atoms with van der Waals surface area (Å²) in [6, 6.07) is 137. The summed E-state index contributed by atoms with van der Waals surface area (Å²) < 4.78 is 28.6. The van der Waals surface area contributed by atoms with E-state index in [2.05, 4.69) is 374 Å². The van der Waals surface area contributed by atoms with Crippen LogP contribution in [0.25, 0.3) is 133 Å². The molecule has 6 heterocycles. The highest BCUT2D eigenvalue weighted by Gasteiger charge is 2.48. The normalized spacial score (nSPS) is 12.8. The molecule has 0 saturated carbocycles. The molecule has 0 atom stereocenters. The first-order chi connectivity index (χ1) is 54.5. The van der Waals surface area contributed by atoms with Gasteiger partial charge in [-0.25, -0.2) is 0 Å². The van der Waals surface area contributed by atoms with E-state index in [0.29, 0.717) is 0 Å². The minimum absolute atomic E-state index is 0.324. The third-order valence-electron chi connectivity index (χ3n) is 23.2. The van der Waals surface area contributed by atoms with Gasteiger partial charge in [-0.2, -0.15) is 0 Å². The number of fused-ring (bicyclic) bond motifs is 14. The molecule has 0 fully saturated rings. The van der Waals surface area contributed by atoms with Crippen molar-refractivity contribution in [2.24, 2.45) is 0 Å².